The third-order valence-electron chi connectivity index (χ3n) is 3.07. The Hall–Kier alpha value is -1.53. The predicted molar refractivity (Wildman–Crippen MR) is 71.1 cm³/mol. The molecule has 0 bridgehead atoms. The normalized spacial score (nSPS) is 19.2. The van der Waals surface area contributed by atoms with Crippen LogP contribution in [0.4, 0.5) is 0 Å². The molecule has 6 nitrogen and oxygen atoms in total. The van der Waals surface area contributed by atoms with Gasteiger partial charge in [0.15, 0.2) is 0 Å². The maximum atomic E-state index is 12.2. The number of amides is 1. The Balaban J connectivity index is 1.97. The standard InChI is InChI=1S/C13H20N4O2/c1-3-12-11(6-9(2)16-17-12)13(18)15-8-10-7-14-4-5-19-10/h6,10,14H,3-5,7-8H2,1-2H3,(H,15,18). The lowest BCUT2D eigenvalue weighted by Gasteiger charge is -2.23. The molecule has 104 valence electrons. The molecule has 1 unspecified atom stereocenters. The van der Waals surface area contributed by atoms with Crippen molar-refractivity contribution in [2.75, 3.05) is 26.2 Å². The van der Waals surface area contributed by atoms with Crippen LogP contribution in [0.1, 0.15) is 28.7 Å². The van der Waals surface area contributed by atoms with E-state index in [2.05, 4.69) is 20.8 Å². The van der Waals surface area contributed by atoms with E-state index < -0.39 is 0 Å². The molecule has 1 aromatic rings. The minimum absolute atomic E-state index is 0.0404. The molecule has 19 heavy (non-hydrogen) atoms. The van der Waals surface area contributed by atoms with Gasteiger partial charge in [0.1, 0.15) is 0 Å². The Morgan fingerprint density at radius 2 is 2.42 bits per heavy atom. The summed E-state index contributed by atoms with van der Waals surface area (Å²) in [7, 11) is 0. The van der Waals surface area contributed by atoms with E-state index in [9.17, 15) is 4.79 Å². The van der Waals surface area contributed by atoms with Gasteiger partial charge in [-0.1, -0.05) is 6.92 Å². The summed E-state index contributed by atoms with van der Waals surface area (Å²) in [5.41, 5.74) is 2.09. The molecule has 1 aliphatic heterocycles. The van der Waals surface area contributed by atoms with Crippen LogP contribution in [0.25, 0.3) is 0 Å². The smallest absolute Gasteiger partial charge is 0.253 e. The molecule has 2 N–H and O–H groups in total. The van der Waals surface area contributed by atoms with E-state index >= 15 is 0 Å². The number of aromatic nitrogens is 2. The first kappa shape index (κ1) is 13.9. The number of aryl methyl sites for hydroxylation is 2. The zero-order valence-electron chi connectivity index (χ0n) is 11.4. The highest BCUT2D eigenvalue weighted by Crippen LogP contribution is 2.07. The van der Waals surface area contributed by atoms with Crippen molar-refractivity contribution in [3.8, 4) is 0 Å². The van der Waals surface area contributed by atoms with Gasteiger partial charge in [0.2, 0.25) is 0 Å². The van der Waals surface area contributed by atoms with E-state index in [0.717, 1.165) is 24.5 Å². The van der Waals surface area contributed by atoms with E-state index in [1.165, 1.54) is 0 Å². The fraction of sp³-hybridized carbons (Fsp3) is 0.615. The lowest BCUT2D eigenvalue weighted by molar-refractivity contribution is 0.0287. The quantitative estimate of drug-likeness (QED) is 0.804. The van der Waals surface area contributed by atoms with E-state index in [4.69, 9.17) is 4.74 Å². The number of nitrogens with one attached hydrogen (secondary N) is 2. The van der Waals surface area contributed by atoms with Gasteiger partial charge in [-0.25, -0.2) is 0 Å². The van der Waals surface area contributed by atoms with Crippen LogP contribution in [-0.4, -0.2) is 48.4 Å². The van der Waals surface area contributed by atoms with Crippen LogP contribution in [0.15, 0.2) is 6.07 Å². The second kappa shape index (κ2) is 6.58. The van der Waals surface area contributed by atoms with Crippen molar-refractivity contribution in [1.29, 1.82) is 0 Å². The van der Waals surface area contributed by atoms with Gasteiger partial charge >= 0.3 is 0 Å². The Morgan fingerprint density at radius 1 is 1.58 bits per heavy atom. The number of hydrogen-bond donors (Lipinski definition) is 2. The number of hydrogen-bond acceptors (Lipinski definition) is 5. The molecule has 1 saturated heterocycles. The summed E-state index contributed by atoms with van der Waals surface area (Å²) >= 11 is 0. The van der Waals surface area contributed by atoms with Gasteiger partial charge in [-0.15, -0.1) is 0 Å². The summed E-state index contributed by atoms with van der Waals surface area (Å²) in [5, 5.41) is 14.2. The SMILES string of the molecule is CCc1nnc(C)cc1C(=O)NCC1CNCCO1. The van der Waals surface area contributed by atoms with Crippen LogP contribution in [0.3, 0.4) is 0 Å². The van der Waals surface area contributed by atoms with Crippen LogP contribution in [-0.2, 0) is 11.2 Å². The van der Waals surface area contributed by atoms with Crippen molar-refractivity contribution in [2.45, 2.75) is 26.4 Å². The van der Waals surface area contributed by atoms with Gasteiger partial charge in [0.05, 0.1) is 29.7 Å². The number of ether oxygens (including phenoxy) is 1. The summed E-state index contributed by atoms with van der Waals surface area (Å²) in [6, 6.07) is 1.78. The minimum atomic E-state index is -0.107. The highest BCUT2D eigenvalue weighted by Gasteiger charge is 2.17. The maximum Gasteiger partial charge on any atom is 0.253 e. The average molecular weight is 264 g/mol. The number of morpholine rings is 1. The minimum Gasteiger partial charge on any atom is -0.374 e. The summed E-state index contributed by atoms with van der Waals surface area (Å²) < 4.78 is 5.54. The molecule has 2 heterocycles. The molecule has 0 saturated carbocycles. The van der Waals surface area contributed by atoms with Gasteiger partial charge in [-0.05, 0) is 19.4 Å². The Bertz CT molecular complexity index is 444. The van der Waals surface area contributed by atoms with E-state index in [0.29, 0.717) is 25.1 Å². The molecule has 0 aliphatic carbocycles. The lowest BCUT2D eigenvalue weighted by Crippen LogP contribution is -2.45. The number of carbonyl (C=O) groups is 1. The van der Waals surface area contributed by atoms with E-state index in [-0.39, 0.29) is 12.0 Å². The highest BCUT2D eigenvalue weighted by atomic mass is 16.5. The van der Waals surface area contributed by atoms with Gasteiger partial charge < -0.3 is 15.4 Å². The molecule has 1 amide bonds. The molecular formula is C13H20N4O2. The fourth-order valence-electron chi connectivity index (χ4n) is 2.02. The highest BCUT2D eigenvalue weighted by molar-refractivity contribution is 5.95. The van der Waals surface area contributed by atoms with Crippen molar-refractivity contribution in [1.82, 2.24) is 20.8 Å². The first-order valence-corrected chi connectivity index (χ1v) is 6.64. The lowest BCUT2D eigenvalue weighted by atomic mass is 10.1. The molecule has 1 aromatic heterocycles. The Kier molecular flexibility index (Phi) is 4.81. The zero-order valence-corrected chi connectivity index (χ0v) is 11.4. The molecular weight excluding hydrogens is 244 g/mol. The molecule has 1 fully saturated rings. The molecule has 1 atom stereocenters. The Morgan fingerprint density at radius 3 is 3.11 bits per heavy atom. The summed E-state index contributed by atoms with van der Waals surface area (Å²) in [6.07, 6.45) is 0.732. The zero-order chi connectivity index (χ0) is 13.7. The summed E-state index contributed by atoms with van der Waals surface area (Å²) in [6.45, 7) is 6.64. The summed E-state index contributed by atoms with van der Waals surface area (Å²) in [4.78, 5) is 12.2. The number of carbonyl (C=O) groups excluding carboxylic acids is 1. The van der Waals surface area contributed by atoms with Gasteiger partial charge in [0.25, 0.3) is 5.91 Å². The van der Waals surface area contributed by atoms with Crippen LogP contribution in [0, 0.1) is 6.92 Å². The molecule has 6 heteroatoms. The van der Waals surface area contributed by atoms with Crippen LogP contribution < -0.4 is 10.6 Å². The van der Waals surface area contributed by atoms with Crippen LogP contribution in [0.5, 0.6) is 0 Å². The van der Waals surface area contributed by atoms with Crippen molar-refractivity contribution in [3.05, 3.63) is 23.0 Å². The Labute approximate surface area is 112 Å². The average Bonchev–Trinajstić information content (AvgIpc) is 2.46. The monoisotopic (exact) mass is 264 g/mol. The molecule has 2 rings (SSSR count). The second-order valence-electron chi connectivity index (χ2n) is 4.61. The first-order chi connectivity index (χ1) is 9.20. The van der Waals surface area contributed by atoms with Crippen LogP contribution in [0.2, 0.25) is 0 Å². The topological polar surface area (TPSA) is 76.1 Å². The molecule has 0 aromatic carbocycles. The van der Waals surface area contributed by atoms with E-state index in [1.807, 2.05) is 13.8 Å². The van der Waals surface area contributed by atoms with Gasteiger partial charge in [-0.2, -0.15) is 10.2 Å². The fourth-order valence-corrected chi connectivity index (χ4v) is 2.02. The van der Waals surface area contributed by atoms with Crippen molar-refractivity contribution >= 4 is 5.91 Å². The van der Waals surface area contributed by atoms with Crippen molar-refractivity contribution in [2.24, 2.45) is 0 Å². The van der Waals surface area contributed by atoms with Crippen LogP contribution >= 0.6 is 0 Å². The third kappa shape index (κ3) is 3.71. The van der Waals surface area contributed by atoms with Crippen molar-refractivity contribution < 1.29 is 9.53 Å². The maximum absolute atomic E-state index is 12.2. The number of rotatable bonds is 4. The molecule has 0 radical (unpaired) electrons. The second-order valence-corrected chi connectivity index (χ2v) is 4.61. The third-order valence-corrected chi connectivity index (χ3v) is 3.07. The van der Waals surface area contributed by atoms with Gasteiger partial charge in [0, 0.05) is 19.6 Å². The number of nitrogens with zero attached hydrogens (tertiary/aromatic N) is 2. The summed E-state index contributed by atoms with van der Waals surface area (Å²) in [5.74, 6) is -0.107. The molecule has 1 aliphatic rings. The molecule has 0 spiro atoms. The van der Waals surface area contributed by atoms with Crippen molar-refractivity contribution in [3.63, 3.8) is 0 Å². The van der Waals surface area contributed by atoms with E-state index in [1.54, 1.807) is 6.07 Å². The largest absolute Gasteiger partial charge is 0.374 e. The predicted octanol–water partition coefficient (Wildman–Crippen LogP) is 0.0656. The van der Waals surface area contributed by atoms with Gasteiger partial charge in [-0.3, -0.25) is 4.79 Å². The first-order valence-electron chi connectivity index (χ1n) is 6.64.